The van der Waals surface area contributed by atoms with Gasteiger partial charge < -0.3 is 4.90 Å². The quantitative estimate of drug-likeness (QED) is 0.745. The van der Waals surface area contributed by atoms with Gasteiger partial charge in [-0.05, 0) is 48.5 Å². The highest BCUT2D eigenvalue weighted by molar-refractivity contribution is 7.89. The lowest BCUT2D eigenvalue weighted by molar-refractivity contribution is -0.137. The molecule has 0 radical (unpaired) electrons. The van der Waals surface area contributed by atoms with Crippen LogP contribution in [0.2, 0.25) is 5.02 Å². The first kappa shape index (κ1) is 20.6. The van der Waals surface area contributed by atoms with Crippen molar-refractivity contribution >= 4 is 27.5 Å². The minimum absolute atomic E-state index is 0.0946. The third-order valence-corrected chi connectivity index (χ3v) is 6.60. The maximum Gasteiger partial charge on any atom is 0.416 e. The molecule has 0 bridgehead atoms. The average molecular weight is 433 g/mol. The van der Waals surface area contributed by atoms with Crippen LogP contribution in [0.3, 0.4) is 0 Å². The Hall–Kier alpha value is -2.10. The molecule has 1 heterocycles. The molecule has 150 valence electrons. The number of amides is 1. The van der Waals surface area contributed by atoms with Gasteiger partial charge in [-0.2, -0.15) is 17.5 Å². The summed E-state index contributed by atoms with van der Waals surface area (Å²) in [6, 6.07) is 9.76. The zero-order chi connectivity index (χ0) is 20.5. The van der Waals surface area contributed by atoms with Gasteiger partial charge in [0.1, 0.15) is 0 Å². The highest BCUT2D eigenvalue weighted by Gasteiger charge is 2.32. The second-order valence-corrected chi connectivity index (χ2v) is 8.60. The summed E-state index contributed by atoms with van der Waals surface area (Å²) in [5.74, 6) is -0.433. The van der Waals surface area contributed by atoms with Crippen LogP contribution < -0.4 is 0 Å². The van der Waals surface area contributed by atoms with Crippen molar-refractivity contribution in [3.05, 3.63) is 64.7 Å². The van der Waals surface area contributed by atoms with Gasteiger partial charge in [0.15, 0.2) is 0 Å². The monoisotopic (exact) mass is 432 g/mol. The molecule has 0 spiro atoms. The Morgan fingerprint density at radius 1 is 0.893 bits per heavy atom. The number of benzene rings is 2. The van der Waals surface area contributed by atoms with Gasteiger partial charge in [-0.1, -0.05) is 11.6 Å². The second kappa shape index (κ2) is 7.73. The minimum Gasteiger partial charge on any atom is -0.336 e. The number of hydrogen-bond acceptors (Lipinski definition) is 3. The molecule has 10 heteroatoms. The molecule has 2 aromatic carbocycles. The highest BCUT2D eigenvalue weighted by Crippen LogP contribution is 2.29. The maximum absolute atomic E-state index is 12.6. The van der Waals surface area contributed by atoms with Gasteiger partial charge in [0.05, 0.1) is 10.5 Å². The summed E-state index contributed by atoms with van der Waals surface area (Å²) in [5, 5.41) is 0.422. The number of sulfonamides is 1. The number of carbonyl (C=O) groups is 1. The molecular formula is C18H16ClF3N2O3S. The predicted molar refractivity (Wildman–Crippen MR) is 97.6 cm³/mol. The van der Waals surface area contributed by atoms with Crippen LogP contribution in [0.1, 0.15) is 15.9 Å². The van der Waals surface area contributed by atoms with Crippen molar-refractivity contribution in [3.8, 4) is 0 Å². The third kappa shape index (κ3) is 4.31. The number of piperazine rings is 1. The Kier molecular flexibility index (Phi) is 5.69. The summed E-state index contributed by atoms with van der Waals surface area (Å²) in [5.41, 5.74) is -0.704. The molecule has 1 fully saturated rings. The van der Waals surface area contributed by atoms with Crippen molar-refractivity contribution in [3.63, 3.8) is 0 Å². The zero-order valence-electron chi connectivity index (χ0n) is 14.5. The Morgan fingerprint density at radius 3 is 1.93 bits per heavy atom. The molecule has 0 saturated carbocycles. The fourth-order valence-electron chi connectivity index (χ4n) is 2.87. The molecule has 1 aliphatic rings. The summed E-state index contributed by atoms with van der Waals surface area (Å²) in [4.78, 5) is 14.0. The van der Waals surface area contributed by atoms with E-state index >= 15 is 0 Å². The fraction of sp³-hybridized carbons (Fsp3) is 0.278. The molecule has 28 heavy (non-hydrogen) atoms. The lowest BCUT2D eigenvalue weighted by atomic mass is 10.1. The number of rotatable bonds is 3. The van der Waals surface area contributed by atoms with E-state index in [1.807, 2.05) is 0 Å². The van der Waals surface area contributed by atoms with Crippen molar-refractivity contribution in [1.29, 1.82) is 0 Å². The van der Waals surface area contributed by atoms with Gasteiger partial charge in [-0.3, -0.25) is 4.79 Å². The van der Waals surface area contributed by atoms with E-state index in [-0.39, 0.29) is 36.6 Å². The summed E-state index contributed by atoms with van der Waals surface area (Å²) in [6.07, 6.45) is -4.47. The van der Waals surface area contributed by atoms with Gasteiger partial charge in [-0.25, -0.2) is 8.42 Å². The zero-order valence-corrected chi connectivity index (χ0v) is 16.1. The number of hydrogen-bond donors (Lipinski definition) is 0. The molecule has 0 aromatic heterocycles. The standard InChI is InChI=1S/C18H16ClF3N2O3S/c19-15-5-7-16(8-6-15)28(26,27)24-11-9-23(10-12-24)17(25)13-1-3-14(4-2-13)18(20,21)22/h1-8H,9-12H2. The van der Waals surface area contributed by atoms with E-state index in [9.17, 15) is 26.4 Å². The normalized spacial score (nSPS) is 16.2. The lowest BCUT2D eigenvalue weighted by Crippen LogP contribution is -2.50. The number of alkyl halides is 3. The lowest BCUT2D eigenvalue weighted by Gasteiger charge is -2.34. The van der Waals surface area contributed by atoms with E-state index in [0.717, 1.165) is 24.3 Å². The van der Waals surface area contributed by atoms with Crippen LogP contribution in [0.25, 0.3) is 0 Å². The van der Waals surface area contributed by atoms with Crippen LogP contribution in [0.15, 0.2) is 53.4 Å². The Morgan fingerprint density at radius 2 is 1.43 bits per heavy atom. The van der Waals surface area contributed by atoms with Gasteiger partial charge >= 0.3 is 6.18 Å². The van der Waals surface area contributed by atoms with Crippen molar-refractivity contribution in [2.75, 3.05) is 26.2 Å². The molecule has 0 N–H and O–H groups in total. The van der Waals surface area contributed by atoms with Gasteiger partial charge in [0, 0.05) is 36.8 Å². The molecule has 3 rings (SSSR count). The van der Waals surface area contributed by atoms with Gasteiger partial charge in [-0.15, -0.1) is 0 Å². The molecule has 0 aliphatic carbocycles. The highest BCUT2D eigenvalue weighted by atomic mass is 35.5. The predicted octanol–water partition coefficient (Wildman–Crippen LogP) is 3.51. The molecule has 0 atom stereocenters. The first-order valence-corrected chi connectivity index (χ1v) is 10.1. The van der Waals surface area contributed by atoms with Crippen LogP contribution in [0.5, 0.6) is 0 Å². The Labute approximate surface area is 165 Å². The summed E-state index contributed by atoms with van der Waals surface area (Å²) in [7, 11) is -3.70. The topological polar surface area (TPSA) is 57.7 Å². The average Bonchev–Trinajstić information content (AvgIpc) is 2.67. The SMILES string of the molecule is O=C(c1ccc(C(F)(F)F)cc1)N1CCN(S(=O)(=O)c2ccc(Cl)cc2)CC1. The van der Waals surface area contributed by atoms with Crippen LogP contribution >= 0.6 is 11.6 Å². The molecule has 1 amide bonds. The maximum atomic E-state index is 12.6. The van der Waals surface area contributed by atoms with Gasteiger partial charge in [0.2, 0.25) is 10.0 Å². The number of carbonyl (C=O) groups excluding carboxylic acids is 1. The van der Waals surface area contributed by atoms with E-state index in [4.69, 9.17) is 11.6 Å². The summed E-state index contributed by atoms with van der Waals surface area (Å²) >= 11 is 5.78. The van der Waals surface area contributed by atoms with Crippen molar-refractivity contribution in [1.82, 2.24) is 9.21 Å². The Bertz CT molecular complexity index is 953. The molecule has 2 aromatic rings. The van der Waals surface area contributed by atoms with E-state index in [1.54, 1.807) is 0 Å². The van der Waals surface area contributed by atoms with Crippen molar-refractivity contribution in [2.24, 2.45) is 0 Å². The van der Waals surface area contributed by atoms with Crippen molar-refractivity contribution in [2.45, 2.75) is 11.1 Å². The van der Waals surface area contributed by atoms with E-state index < -0.39 is 27.7 Å². The van der Waals surface area contributed by atoms with E-state index in [2.05, 4.69) is 0 Å². The van der Waals surface area contributed by atoms with Crippen LogP contribution in [0.4, 0.5) is 13.2 Å². The summed E-state index contributed by atoms with van der Waals surface area (Å²) in [6.45, 7) is 0.480. The fourth-order valence-corrected chi connectivity index (χ4v) is 4.42. The minimum atomic E-state index is -4.47. The van der Waals surface area contributed by atoms with Gasteiger partial charge in [0.25, 0.3) is 5.91 Å². The first-order chi connectivity index (χ1) is 13.1. The molecule has 1 saturated heterocycles. The first-order valence-electron chi connectivity index (χ1n) is 8.31. The molecule has 5 nitrogen and oxygen atoms in total. The van der Waals surface area contributed by atoms with E-state index in [1.165, 1.54) is 33.5 Å². The molecular weight excluding hydrogens is 417 g/mol. The second-order valence-electron chi connectivity index (χ2n) is 6.23. The third-order valence-electron chi connectivity index (χ3n) is 4.44. The van der Waals surface area contributed by atoms with Crippen LogP contribution in [-0.2, 0) is 16.2 Å². The number of halogens is 4. The molecule has 1 aliphatic heterocycles. The van der Waals surface area contributed by atoms with E-state index in [0.29, 0.717) is 5.02 Å². The van der Waals surface area contributed by atoms with Crippen LogP contribution in [0, 0.1) is 0 Å². The number of nitrogens with zero attached hydrogens (tertiary/aromatic N) is 2. The van der Waals surface area contributed by atoms with Crippen LogP contribution in [-0.4, -0.2) is 49.7 Å². The Balaban J connectivity index is 1.66. The largest absolute Gasteiger partial charge is 0.416 e. The smallest absolute Gasteiger partial charge is 0.336 e. The summed E-state index contributed by atoms with van der Waals surface area (Å²) < 4.78 is 64.5. The van der Waals surface area contributed by atoms with Crippen molar-refractivity contribution < 1.29 is 26.4 Å². The molecule has 0 unspecified atom stereocenters.